The lowest BCUT2D eigenvalue weighted by atomic mass is 9.96. The van der Waals surface area contributed by atoms with Crippen LogP contribution in [0.2, 0.25) is 0 Å². The molecule has 3 rings (SSSR count). The van der Waals surface area contributed by atoms with E-state index in [-0.39, 0.29) is 18.9 Å². The molecule has 3 saturated heterocycles. The lowest BCUT2D eigenvalue weighted by Gasteiger charge is -2.48. The summed E-state index contributed by atoms with van der Waals surface area (Å²) in [5.41, 5.74) is 0. The predicted molar refractivity (Wildman–Crippen MR) is 364 cm³/mol. The van der Waals surface area contributed by atoms with Crippen molar-refractivity contribution in [2.24, 2.45) is 0 Å². The van der Waals surface area contributed by atoms with Crippen molar-refractivity contribution in [3.63, 3.8) is 0 Å². The van der Waals surface area contributed by atoms with E-state index < -0.39 is 124 Å². The number of hydrogen-bond acceptors (Lipinski definition) is 18. The molecule has 0 aliphatic carbocycles. The van der Waals surface area contributed by atoms with Gasteiger partial charge in [-0.05, 0) is 96.3 Å². The molecule has 3 aliphatic heterocycles. The van der Waals surface area contributed by atoms with Crippen LogP contribution in [0.1, 0.15) is 219 Å². The van der Waals surface area contributed by atoms with Gasteiger partial charge in [0.2, 0.25) is 5.91 Å². The summed E-state index contributed by atoms with van der Waals surface area (Å²) in [4.78, 5) is 13.4. The Bertz CT molecular complexity index is 2110. The van der Waals surface area contributed by atoms with Gasteiger partial charge in [0, 0.05) is 6.42 Å². The zero-order chi connectivity index (χ0) is 67.5. The van der Waals surface area contributed by atoms with Crippen LogP contribution < -0.4 is 5.32 Å². The zero-order valence-corrected chi connectivity index (χ0v) is 56.4. The van der Waals surface area contributed by atoms with Gasteiger partial charge >= 0.3 is 0 Å². The Morgan fingerprint density at radius 3 is 1.20 bits per heavy atom. The molecule has 12 N–H and O–H groups in total. The summed E-state index contributed by atoms with van der Waals surface area (Å²) in [6, 6.07) is -1.00. The standard InChI is InChI=1S/C74H125NO18/c1-3-5-7-9-11-13-15-17-18-19-20-21-22-23-24-25-26-27-28-29-30-31-32-33-34-35-36-37-38-40-42-44-46-48-50-52-62(80)75-57(58(79)51-49-47-45-43-41-39-16-14-12-10-8-6-4-2)56-88-72-68(86)65(83)70(60(54-77)90-72)93-74-69(87)66(84)71(61(55-78)91-74)92-73-67(85)64(82)63(81)59(53-76)89-73/h5,7,11-14,17-18,20-21,23-24,26-27,41,43,49,51,57-61,63-74,76-79,81-87H,3-4,6,8-10,15-16,19,22,25,28-40,42,44-48,50,52-56H2,1-2H3,(H,75,80)/b7-5-,13-11-,14-12+,18-17-,21-20-,24-23-,27-26-,43-41+,51-49+. The Morgan fingerprint density at radius 2 is 0.753 bits per heavy atom. The molecule has 0 saturated carbocycles. The van der Waals surface area contributed by atoms with E-state index in [1.807, 2.05) is 6.08 Å². The van der Waals surface area contributed by atoms with Crippen molar-refractivity contribution in [3.05, 3.63) is 109 Å². The van der Waals surface area contributed by atoms with E-state index in [9.17, 15) is 61.0 Å². The van der Waals surface area contributed by atoms with E-state index in [1.54, 1.807) is 6.08 Å². The van der Waals surface area contributed by atoms with Crippen LogP contribution in [-0.4, -0.2) is 193 Å². The highest BCUT2D eigenvalue weighted by molar-refractivity contribution is 5.76. The normalized spacial score (nSPS) is 28.2. The highest BCUT2D eigenvalue weighted by Crippen LogP contribution is 2.33. The molecule has 1 amide bonds. The maximum atomic E-state index is 13.4. The average molecular weight is 1320 g/mol. The first-order valence-electron chi connectivity index (χ1n) is 35.6. The third-order valence-electron chi connectivity index (χ3n) is 17.0. The molecule has 3 fully saturated rings. The van der Waals surface area contributed by atoms with Gasteiger partial charge in [-0.2, -0.15) is 0 Å². The van der Waals surface area contributed by atoms with Crippen molar-refractivity contribution in [1.82, 2.24) is 5.32 Å². The molecule has 17 unspecified atom stereocenters. The number of carbonyl (C=O) groups is 1. The number of aliphatic hydroxyl groups is 11. The van der Waals surface area contributed by atoms with Crippen molar-refractivity contribution in [3.8, 4) is 0 Å². The fourth-order valence-electron chi connectivity index (χ4n) is 11.3. The van der Waals surface area contributed by atoms with Gasteiger partial charge in [0.1, 0.15) is 73.2 Å². The van der Waals surface area contributed by atoms with Crippen LogP contribution in [0.25, 0.3) is 0 Å². The SMILES string of the molecule is CC/C=C\C/C=C\C/C=C\C/C=C\C/C=C\C/C=C\CCCCCCCCCCCCCCCCCCC(=O)NC(COC1OC(CO)C(OC2OC(CO)C(OC3OC(CO)C(O)C(O)C3O)C(O)C2O)C(O)C1O)C(O)/C=C/CC/C=C/CC/C=C/CCCCC. The Labute approximate surface area is 557 Å². The molecule has 0 aromatic heterocycles. The highest BCUT2D eigenvalue weighted by atomic mass is 16.8. The van der Waals surface area contributed by atoms with Gasteiger partial charge in [0.15, 0.2) is 18.9 Å². The van der Waals surface area contributed by atoms with E-state index in [1.165, 1.54) is 103 Å². The van der Waals surface area contributed by atoms with Gasteiger partial charge in [0.25, 0.3) is 0 Å². The van der Waals surface area contributed by atoms with Crippen LogP contribution in [0, 0.1) is 0 Å². The number of ether oxygens (including phenoxy) is 6. The van der Waals surface area contributed by atoms with E-state index in [4.69, 9.17) is 28.4 Å². The summed E-state index contributed by atoms with van der Waals surface area (Å²) in [7, 11) is 0. The molecule has 3 heterocycles. The van der Waals surface area contributed by atoms with Crippen molar-refractivity contribution >= 4 is 5.91 Å². The summed E-state index contributed by atoms with van der Waals surface area (Å²) in [6.45, 7) is 1.54. The first-order valence-corrected chi connectivity index (χ1v) is 35.6. The van der Waals surface area contributed by atoms with Crippen LogP contribution in [0.5, 0.6) is 0 Å². The largest absolute Gasteiger partial charge is 0.394 e. The molecule has 19 heteroatoms. The van der Waals surface area contributed by atoms with Gasteiger partial charge in [-0.25, -0.2) is 0 Å². The van der Waals surface area contributed by atoms with Crippen LogP contribution in [0.4, 0.5) is 0 Å². The number of carbonyl (C=O) groups excluding carboxylic acids is 1. The number of hydrogen-bond donors (Lipinski definition) is 12. The minimum atomic E-state index is -1.99. The maximum Gasteiger partial charge on any atom is 0.220 e. The summed E-state index contributed by atoms with van der Waals surface area (Å²) in [5.74, 6) is -0.294. The molecule has 93 heavy (non-hydrogen) atoms. The van der Waals surface area contributed by atoms with Gasteiger partial charge in [-0.3, -0.25) is 4.79 Å². The van der Waals surface area contributed by atoms with Crippen LogP contribution in [0.3, 0.4) is 0 Å². The summed E-state index contributed by atoms with van der Waals surface area (Å²) in [5, 5.41) is 120. The lowest BCUT2D eigenvalue weighted by Crippen LogP contribution is -2.66. The summed E-state index contributed by atoms with van der Waals surface area (Å²) < 4.78 is 34.3. The van der Waals surface area contributed by atoms with Crippen molar-refractivity contribution in [2.45, 2.75) is 324 Å². The Hall–Kier alpha value is -3.55. The summed E-state index contributed by atoms with van der Waals surface area (Å²) >= 11 is 0. The lowest BCUT2D eigenvalue weighted by molar-refractivity contribution is -0.379. The number of allylic oxidation sites excluding steroid dienone is 17. The van der Waals surface area contributed by atoms with Crippen molar-refractivity contribution in [1.29, 1.82) is 0 Å². The second-order valence-corrected chi connectivity index (χ2v) is 24.9. The monoisotopic (exact) mass is 1320 g/mol. The second kappa shape index (κ2) is 54.5. The maximum absolute atomic E-state index is 13.4. The Kier molecular flexibility index (Phi) is 49.0. The van der Waals surface area contributed by atoms with Crippen LogP contribution in [-0.2, 0) is 33.2 Å². The molecule has 534 valence electrons. The molecule has 0 aromatic rings. The molecule has 17 atom stereocenters. The molecule has 19 nitrogen and oxygen atoms in total. The molecule has 0 bridgehead atoms. The minimum Gasteiger partial charge on any atom is -0.394 e. The molecule has 3 aliphatic rings. The van der Waals surface area contributed by atoms with Gasteiger partial charge < -0.3 is 89.9 Å². The molecule has 0 spiro atoms. The third-order valence-corrected chi connectivity index (χ3v) is 17.0. The smallest absolute Gasteiger partial charge is 0.220 e. The first-order chi connectivity index (χ1) is 45.3. The Morgan fingerprint density at radius 1 is 0.398 bits per heavy atom. The second-order valence-electron chi connectivity index (χ2n) is 24.9. The van der Waals surface area contributed by atoms with Crippen molar-refractivity contribution in [2.75, 3.05) is 26.4 Å². The molecule has 0 aromatic carbocycles. The van der Waals surface area contributed by atoms with Crippen LogP contribution >= 0.6 is 0 Å². The topological polar surface area (TPSA) is 307 Å². The number of amides is 1. The minimum absolute atomic E-state index is 0.227. The quantitative estimate of drug-likeness (QED) is 0.0199. The van der Waals surface area contributed by atoms with Gasteiger partial charge in [0.05, 0.1) is 38.6 Å². The number of nitrogens with one attached hydrogen (secondary N) is 1. The fraction of sp³-hybridized carbons (Fsp3) is 0.743. The first kappa shape index (κ1) is 83.7. The van der Waals surface area contributed by atoms with E-state index >= 15 is 0 Å². The van der Waals surface area contributed by atoms with E-state index in [0.29, 0.717) is 12.8 Å². The van der Waals surface area contributed by atoms with E-state index in [2.05, 4.69) is 116 Å². The molecular weight excluding hydrogens is 1190 g/mol. The summed E-state index contributed by atoms with van der Waals surface area (Å²) in [6.07, 6.45) is 46.6. The predicted octanol–water partition coefficient (Wildman–Crippen LogP) is 9.83. The Balaban J connectivity index is 1.35. The van der Waals surface area contributed by atoms with Crippen molar-refractivity contribution < 1.29 is 89.4 Å². The van der Waals surface area contributed by atoms with Crippen LogP contribution in [0.15, 0.2) is 109 Å². The average Bonchev–Trinajstić information content (AvgIpc) is 0.842. The zero-order valence-electron chi connectivity index (χ0n) is 56.4. The van der Waals surface area contributed by atoms with Gasteiger partial charge in [-0.15, -0.1) is 0 Å². The number of aliphatic hydroxyl groups excluding tert-OH is 11. The fourth-order valence-corrected chi connectivity index (χ4v) is 11.3. The molecule has 0 radical (unpaired) electrons. The highest BCUT2D eigenvalue weighted by Gasteiger charge is 2.53. The number of unbranched alkanes of at least 4 members (excludes halogenated alkanes) is 21. The number of rotatable bonds is 53. The van der Waals surface area contributed by atoms with E-state index in [0.717, 1.165) is 83.5 Å². The third kappa shape index (κ3) is 36.0. The molecular formula is C74H125NO18. The van der Waals surface area contributed by atoms with Gasteiger partial charge in [-0.1, -0.05) is 226 Å².